The van der Waals surface area contributed by atoms with Crippen molar-refractivity contribution in [3.63, 3.8) is 0 Å². The molecule has 1 aromatic heterocycles. The van der Waals surface area contributed by atoms with E-state index in [-0.39, 0.29) is 46.7 Å². The van der Waals surface area contributed by atoms with Crippen molar-refractivity contribution in [2.45, 2.75) is 69.9 Å². The zero-order chi connectivity index (χ0) is 30.0. The smallest absolute Gasteiger partial charge is 0.405 e. The third kappa shape index (κ3) is 7.95. The highest BCUT2D eigenvalue weighted by atomic mass is 35.5. The Bertz CT molecular complexity index is 1320. The summed E-state index contributed by atoms with van der Waals surface area (Å²) < 4.78 is 107. The second-order valence-corrected chi connectivity index (χ2v) is 12.4. The van der Waals surface area contributed by atoms with Gasteiger partial charge in [-0.25, -0.2) is 8.42 Å². The van der Waals surface area contributed by atoms with E-state index < -0.39 is 45.3 Å². The van der Waals surface area contributed by atoms with Gasteiger partial charge in [0.15, 0.2) is 5.69 Å². The van der Waals surface area contributed by atoms with Crippen LogP contribution in [0.2, 0.25) is 5.02 Å². The third-order valence-electron chi connectivity index (χ3n) is 6.70. The molecule has 2 aromatic rings. The molecule has 8 nitrogen and oxygen atoms in total. The first-order chi connectivity index (χ1) is 18.4. The lowest BCUT2D eigenvalue weighted by molar-refractivity contribution is -0.274. The van der Waals surface area contributed by atoms with Crippen LogP contribution in [0.5, 0.6) is 5.75 Å². The van der Waals surface area contributed by atoms with Crippen LogP contribution in [0.25, 0.3) is 11.3 Å². The number of hydrogen-bond donors (Lipinski definition) is 2. The maximum Gasteiger partial charge on any atom is 0.573 e. The molecule has 0 spiro atoms. The zero-order valence-electron chi connectivity index (χ0n) is 21.8. The molecule has 1 heterocycles. The second-order valence-electron chi connectivity index (χ2n) is 9.68. The van der Waals surface area contributed by atoms with Crippen molar-refractivity contribution in [3.05, 3.63) is 28.9 Å². The number of ether oxygens (including phenoxy) is 1. The number of carbonyl (C=O) groups excluding carboxylic acids is 1. The number of carbonyl (C=O) groups is 1. The SMILES string of the molecule is CCn1nc(C(=O)NCC2CCC(S(C)(=O)=O)CC2)c(Cl)c1-c1ccc(N[C@H](C)C(F)(F)F)cc1OC(F)(F)F. The van der Waals surface area contributed by atoms with Gasteiger partial charge < -0.3 is 15.4 Å². The lowest BCUT2D eigenvalue weighted by atomic mass is 9.89. The number of alkyl halides is 6. The number of benzene rings is 1. The summed E-state index contributed by atoms with van der Waals surface area (Å²) in [5.41, 5.74) is -0.859. The largest absolute Gasteiger partial charge is 0.573 e. The number of amides is 1. The number of rotatable bonds is 9. The predicted octanol–water partition coefficient (Wildman–Crippen LogP) is 5.82. The molecule has 0 saturated heterocycles. The van der Waals surface area contributed by atoms with Gasteiger partial charge >= 0.3 is 12.5 Å². The Morgan fingerprint density at radius 1 is 1.18 bits per heavy atom. The van der Waals surface area contributed by atoms with Crippen LogP contribution in [0.3, 0.4) is 0 Å². The summed E-state index contributed by atoms with van der Waals surface area (Å²) in [6, 6.07) is 0.944. The van der Waals surface area contributed by atoms with Gasteiger partial charge in [-0.3, -0.25) is 9.48 Å². The number of sulfone groups is 1. The highest BCUT2D eigenvalue weighted by Gasteiger charge is 2.37. The molecular formula is C24H29ClF6N4O4S. The molecule has 1 saturated carbocycles. The summed E-state index contributed by atoms with van der Waals surface area (Å²) in [6.45, 7) is 2.73. The van der Waals surface area contributed by atoms with Crippen molar-refractivity contribution < 1.29 is 44.3 Å². The molecule has 2 N–H and O–H groups in total. The molecule has 1 aliphatic carbocycles. The summed E-state index contributed by atoms with van der Waals surface area (Å²) in [5, 5.41) is 8.25. The van der Waals surface area contributed by atoms with Crippen molar-refractivity contribution in [1.29, 1.82) is 0 Å². The summed E-state index contributed by atoms with van der Waals surface area (Å²) in [5.74, 6) is -1.49. The summed E-state index contributed by atoms with van der Waals surface area (Å²) in [6.07, 6.45) is -6.50. The summed E-state index contributed by atoms with van der Waals surface area (Å²) in [4.78, 5) is 12.9. The lowest BCUT2D eigenvalue weighted by Crippen LogP contribution is -2.34. The number of nitrogens with one attached hydrogen (secondary N) is 2. The van der Waals surface area contributed by atoms with E-state index in [1.54, 1.807) is 6.92 Å². The monoisotopic (exact) mass is 618 g/mol. The molecule has 1 aromatic carbocycles. The van der Waals surface area contributed by atoms with E-state index in [0.717, 1.165) is 25.1 Å². The molecule has 0 bridgehead atoms. The van der Waals surface area contributed by atoms with Crippen molar-refractivity contribution in [1.82, 2.24) is 15.1 Å². The molecular weight excluding hydrogens is 590 g/mol. The predicted molar refractivity (Wildman–Crippen MR) is 137 cm³/mol. The van der Waals surface area contributed by atoms with E-state index in [0.29, 0.717) is 25.7 Å². The Kier molecular flexibility index (Phi) is 9.59. The van der Waals surface area contributed by atoms with Crippen molar-refractivity contribution >= 4 is 33.0 Å². The fourth-order valence-electron chi connectivity index (χ4n) is 4.50. The van der Waals surface area contributed by atoms with E-state index in [9.17, 15) is 39.6 Å². The van der Waals surface area contributed by atoms with E-state index in [1.165, 1.54) is 10.9 Å². The number of halogens is 7. The van der Waals surface area contributed by atoms with Gasteiger partial charge in [0.1, 0.15) is 21.6 Å². The third-order valence-corrected chi connectivity index (χ3v) is 8.74. The average molecular weight is 619 g/mol. The highest BCUT2D eigenvalue weighted by molar-refractivity contribution is 7.91. The summed E-state index contributed by atoms with van der Waals surface area (Å²) >= 11 is 6.44. The van der Waals surface area contributed by atoms with Crippen LogP contribution >= 0.6 is 11.6 Å². The molecule has 0 unspecified atom stereocenters. The van der Waals surface area contributed by atoms with Gasteiger partial charge in [0, 0.05) is 36.7 Å². The topological polar surface area (TPSA) is 102 Å². The quantitative estimate of drug-likeness (QED) is 0.344. The second kappa shape index (κ2) is 12.0. The first-order valence-electron chi connectivity index (χ1n) is 12.4. The van der Waals surface area contributed by atoms with Crippen LogP contribution in [-0.2, 0) is 16.4 Å². The Morgan fingerprint density at radius 3 is 2.33 bits per heavy atom. The van der Waals surface area contributed by atoms with Gasteiger partial charge in [-0.2, -0.15) is 18.3 Å². The fourth-order valence-corrected chi connectivity index (χ4v) is 5.96. The number of aryl methyl sites for hydroxylation is 1. The molecule has 0 radical (unpaired) electrons. The number of hydrogen-bond acceptors (Lipinski definition) is 6. The molecule has 16 heteroatoms. The van der Waals surface area contributed by atoms with Crippen molar-refractivity contribution in [2.24, 2.45) is 5.92 Å². The number of nitrogens with zero attached hydrogens (tertiary/aromatic N) is 2. The van der Waals surface area contributed by atoms with Crippen molar-refractivity contribution in [2.75, 3.05) is 18.1 Å². The van der Waals surface area contributed by atoms with E-state index in [4.69, 9.17) is 11.6 Å². The molecule has 224 valence electrons. The number of aromatic nitrogens is 2. The Morgan fingerprint density at radius 2 is 1.80 bits per heavy atom. The molecule has 1 atom stereocenters. The first-order valence-corrected chi connectivity index (χ1v) is 14.7. The van der Waals surface area contributed by atoms with Crippen LogP contribution in [0, 0.1) is 5.92 Å². The maximum absolute atomic E-state index is 13.2. The number of anilines is 1. The molecule has 0 aliphatic heterocycles. The zero-order valence-corrected chi connectivity index (χ0v) is 23.4. The fraction of sp³-hybridized carbons (Fsp3) is 0.583. The normalized spacial score (nSPS) is 19.2. The van der Waals surface area contributed by atoms with Crippen molar-refractivity contribution in [3.8, 4) is 17.0 Å². The minimum absolute atomic E-state index is 0.0272. The molecule has 1 aliphatic rings. The minimum atomic E-state index is -5.18. The van der Waals surface area contributed by atoms with Crippen LogP contribution < -0.4 is 15.4 Å². The van der Waals surface area contributed by atoms with Crippen LogP contribution in [0.15, 0.2) is 18.2 Å². The van der Waals surface area contributed by atoms with Gasteiger partial charge in [0.25, 0.3) is 5.91 Å². The Labute approximate surface area is 232 Å². The van der Waals surface area contributed by atoms with Gasteiger partial charge in [0.05, 0.1) is 16.0 Å². The summed E-state index contributed by atoms with van der Waals surface area (Å²) in [7, 11) is -3.14. The lowest BCUT2D eigenvalue weighted by Gasteiger charge is -2.27. The van der Waals surface area contributed by atoms with E-state index >= 15 is 0 Å². The van der Waals surface area contributed by atoms with Crippen LogP contribution in [0.4, 0.5) is 32.0 Å². The molecule has 3 rings (SSSR count). The van der Waals surface area contributed by atoms with Crippen LogP contribution in [0.1, 0.15) is 50.0 Å². The van der Waals surface area contributed by atoms with Gasteiger partial charge in [-0.15, -0.1) is 13.2 Å². The van der Waals surface area contributed by atoms with Gasteiger partial charge in [0.2, 0.25) is 0 Å². The van der Waals surface area contributed by atoms with Gasteiger partial charge in [-0.1, -0.05) is 11.6 Å². The molecule has 1 fully saturated rings. The van der Waals surface area contributed by atoms with Gasteiger partial charge in [-0.05, 0) is 57.6 Å². The maximum atomic E-state index is 13.2. The standard InChI is InChI=1S/C24H29ClF6N4O4S/c1-4-35-21(17-10-7-15(33-13(2)23(26,27)28)11-18(17)39-24(29,30)31)19(25)20(34-35)22(36)32-12-14-5-8-16(9-6-14)40(3,37)38/h7,10-11,13-14,16,33H,4-6,8-9,12H2,1-3H3,(H,32,36)/t13-,14?,16?/m1/s1. The van der Waals surface area contributed by atoms with E-state index in [1.807, 2.05) is 0 Å². The Hall–Kier alpha value is -2.68. The van der Waals surface area contributed by atoms with E-state index in [2.05, 4.69) is 20.5 Å². The molecule has 1 amide bonds. The minimum Gasteiger partial charge on any atom is -0.405 e. The Balaban J connectivity index is 1.87. The van der Waals surface area contributed by atoms with Crippen LogP contribution in [-0.4, -0.2) is 60.7 Å². The first kappa shape index (κ1) is 31.8. The highest BCUT2D eigenvalue weighted by Crippen LogP contribution is 2.41. The molecule has 40 heavy (non-hydrogen) atoms. The average Bonchev–Trinajstić information content (AvgIpc) is 3.17.